The van der Waals surface area contributed by atoms with Gasteiger partial charge in [-0.2, -0.15) is 24.3 Å². The van der Waals surface area contributed by atoms with Gasteiger partial charge in [0.2, 0.25) is 0 Å². The van der Waals surface area contributed by atoms with E-state index >= 15 is 0 Å². The molecule has 0 atom stereocenters. The monoisotopic (exact) mass is 170 g/mol. The summed E-state index contributed by atoms with van der Waals surface area (Å²) in [6.07, 6.45) is 1.98. The standard InChI is InChI=1S/C8H7N2.K/c1-10-6-7-4-2-3-5-8(7)9-10;/h2-4,6H,1H3;/q-1;+1. The van der Waals surface area contributed by atoms with E-state index in [-0.39, 0.29) is 51.4 Å². The van der Waals surface area contributed by atoms with Gasteiger partial charge in [0.1, 0.15) is 0 Å². The van der Waals surface area contributed by atoms with Crippen molar-refractivity contribution in [1.82, 2.24) is 9.78 Å². The van der Waals surface area contributed by atoms with Crippen LogP contribution in [0.5, 0.6) is 0 Å². The molecule has 50 valence electrons. The Morgan fingerprint density at radius 1 is 1.55 bits per heavy atom. The molecule has 0 fully saturated rings. The van der Waals surface area contributed by atoms with Crippen molar-refractivity contribution >= 4 is 10.9 Å². The maximum Gasteiger partial charge on any atom is 1.00 e. The Hall–Kier alpha value is 0.326. The Balaban J connectivity index is 0.000000605. The molecule has 0 unspecified atom stereocenters. The molecule has 0 bridgehead atoms. The van der Waals surface area contributed by atoms with E-state index in [1.807, 2.05) is 31.4 Å². The number of hydrogen-bond donors (Lipinski definition) is 0. The minimum Gasteiger partial charge on any atom is -0.289 e. The number of aromatic nitrogens is 2. The molecule has 0 saturated heterocycles. The Labute approximate surface area is 108 Å². The van der Waals surface area contributed by atoms with E-state index in [1.54, 1.807) is 4.68 Å². The summed E-state index contributed by atoms with van der Waals surface area (Å²) in [7, 11) is 1.91. The van der Waals surface area contributed by atoms with Gasteiger partial charge in [-0.05, 0) is 11.7 Å². The summed E-state index contributed by atoms with van der Waals surface area (Å²) in [5.41, 5.74) is 0.935. The van der Waals surface area contributed by atoms with E-state index in [0.717, 1.165) is 10.9 Å². The van der Waals surface area contributed by atoms with Gasteiger partial charge in [-0.15, -0.1) is 0 Å². The second kappa shape index (κ2) is 3.82. The normalized spacial score (nSPS) is 9.55. The van der Waals surface area contributed by atoms with Crippen LogP contribution in [0.15, 0.2) is 24.4 Å². The molecule has 2 aromatic rings. The minimum absolute atomic E-state index is 0. The summed E-state index contributed by atoms with van der Waals surface area (Å²) in [6, 6.07) is 8.90. The number of hydrogen-bond acceptors (Lipinski definition) is 1. The van der Waals surface area contributed by atoms with E-state index in [0.29, 0.717) is 0 Å². The summed E-state index contributed by atoms with van der Waals surface area (Å²) >= 11 is 0. The van der Waals surface area contributed by atoms with E-state index < -0.39 is 0 Å². The van der Waals surface area contributed by atoms with E-state index in [9.17, 15) is 0 Å². The molecular weight excluding hydrogens is 163 g/mol. The van der Waals surface area contributed by atoms with Crippen molar-refractivity contribution in [3.05, 3.63) is 30.5 Å². The maximum atomic E-state index is 4.17. The van der Waals surface area contributed by atoms with Crippen molar-refractivity contribution in [2.45, 2.75) is 0 Å². The number of aryl methyl sites for hydroxylation is 1. The van der Waals surface area contributed by atoms with Crippen molar-refractivity contribution in [1.29, 1.82) is 0 Å². The molecule has 1 aromatic carbocycles. The average Bonchev–Trinajstić information content (AvgIpc) is 2.27. The van der Waals surface area contributed by atoms with Crippen molar-refractivity contribution in [3.8, 4) is 0 Å². The first-order valence-electron chi connectivity index (χ1n) is 3.16. The third-order valence-electron chi connectivity index (χ3n) is 1.45. The second-order valence-corrected chi connectivity index (χ2v) is 2.28. The van der Waals surface area contributed by atoms with Crippen LogP contribution in [0.2, 0.25) is 0 Å². The maximum absolute atomic E-state index is 4.17. The third kappa shape index (κ3) is 1.92. The minimum atomic E-state index is 0. The topological polar surface area (TPSA) is 17.8 Å². The van der Waals surface area contributed by atoms with E-state index in [4.69, 9.17) is 0 Å². The van der Waals surface area contributed by atoms with Crippen LogP contribution in [0.1, 0.15) is 0 Å². The molecular formula is C8H7KN2. The summed E-state index contributed by atoms with van der Waals surface area (Å²) in [6.45, 7) is 0. The first-order chi connectivity index (χ1) is 4.86. The summed E-state index contributed by atoms with van der Waals surface area (Å²) < 4.78 is 1.79. The number of fused-ring (bicyclic) bond motifs is 1. The fourth-order valence-corrected chi connectivity index (χ4v) is 1.02. The van der Waals surface area contributed by atoms with Gasteiger partial charge < -0.3 is 0 Å². The fourth-order valence-electron chi connectivity index (χ4n) is 1.02. The molecule has 0 N–H and O–H groups in total. The van der Waals surface area contributed by atoms with Crippen LogP contribution in [0.3, 0.4) is 0 Å². The summed E-state index contributed by atoms with van der Waals surface area (Å²) in [5, 5.41) is 5.32. The van der Waals surface area contributed by atoms with E-state index in [2.05, 4.69) is 11.2 Å². The number of rotatable bonds is 0. The van der Waals surface area contributed by atoms with Gasteiger partial charge in [-0.1, -0.05) is 5.39 Å². The van der Waals surface area contributed by atoms with Crippen molar-refractivity contribution < 1.29 is 51.4 Å². The molecule has 0 saturated carbocycles. The number of nitrogens with zero attached hydrogens (tertiary/aromatic N) is 2. The van der Waals surface area contributed by atoms with Crippen LogP contribution in [0.25, 0.3) is 10.9 Å². The van der Waals surface area contributed by atoms with Gasteiger partial charge in [0.05, 0.1) is 0 Å². The Morgan fingerprint density at radius 3 is 3.09 bits per heavy atom. The van der Waals surface area contributed by atoms with Gasteiger partial charge in [-0.3, -0.25) is 4.68 Å². The summed E-state index contributed by atoms with van der Waals surface area (Å²) in [5.74, 6) is 0. The van der Waals surface area contributed by atoms with Crippen molar-refractivity contribution in [2.75, 3.05) is 0 Å². The molecule has 1 heterocycles. The Bertz CT molecular complexity index is 321. The Kier molecular flexibility index (Phi) is 3.27. The zero-order chi connectivity index (χ0) is 6.97. The summed E-state index contributed by atoms with van der Waals surface area (Å²) in [4.78, 5) is 0. The van der Waals surface area contributed by atoms with Crippen LogP contribution in [-0.2, 0) is 7.05 Å². The van der Waals surface area contributed by atoms with Crippen molar-refractivity contribution in [3.63, 3.8) is 0 Å². The fraction of sp³-hybridized carbons (Fsp3) is 0.125. The average molecular weight is 170 g/mol. The van der Waals surface area contributed by atoms with Gasteiger partial charge in [0.15, 0.2) is 0 Å². The van der Waals surface area contributed by atoms with Gasteiger partial charge >= 0.3 is 51.4 Å². The van der Waals surface area contributed by atoms with Crippen molar-refractivity contribution in [2.24, 2.45) is 7.05 Å². The molecule has 11 heavy (non-hydrogen) atoms. The molecule has 0 spiro atoms. The first kappa shape index (κ1) is 9.41. The molecule has 1 aromatic heterocycles. The van der Waals surface area contributed by atoms with Crippen LogP contribution in [-0.4, -0.2) is 9.78 Å². The molecule has 0 radical (unpaired) electrons. The van der Waals surface area contributed by atoms with Crippen LogP contribution >= 0.6 is 0 Å². The SMILES string of the molecule is Cn1cc2ccc[c-]c2n1.[K+]. The molecule has 0 amide bonds. The van der Waals surface area contributed by atoms with Crippen LogP contribution in [0.4, 0.5) is 0 Å². The quantitative estimate of drug-likeness (QED) is 0.343. The van der Waals surface area contributed by atoms with Crippen LogP contribution in [0, 0.1) is 6.07 Å². The van der Waals surface area contributed by atoms with Gasteiger partial charge in [-0.25, -0.2) is 5.10 Å². The molecule has 0 aliphatic heterocycles. The predicted octanol–water partition coefficient (Wildman–Crippen LogP) is -1.62. The predicted molar refractivity (Wildman–Crippen MR) is 39.6 cm³/mol. The molecule has 0 aliphatic carbocycles. The first-order valence-corrected chi connectivity index (χ1v) is 3.16. The van der Waals surface area contributed by atoms with Gasteiger partial charge in [0.25, 0.3) is 0 Å². The number of benzene rings is 1. The largest absolute Gasteiger partial charge is 1.00 e. The van der Waals surface area contributed by atoms with E-state index in [1.165, 1.54) is 0 Å². The van der Waals surface area contributed by atoms with Crippen LogP contribution < -0.4 is 51.4 Å². The molecule has 2 nitrogen and oxygen atoms in total. The zero-order valence-electron chi connectivity index (χ0n) is 6.70. The molecule has 0 aliphatic rings. The second-order valence-electron chi connectivity index (χ2n) is 2.28. The zero-order valence-corrected chi connectivity index (χ0v) is 9.83. The Morgan fingerprint density at radius 2 is 2.36 bits per heavy atom. The molecule has 3 heteroatoms. The third-order valence-corrected chi connectivity index (χ3v) is 1.45. The van der Waals surface area contributed by atoms with Gasteiger partial charge in [0, 0.05) is 7.05 Å². The molecule has 2 rings (SSSR count). The smallest absolute Gasteiger partial charge is 0.289 e.